The quantitative estimate of drug-likeness (QED) is 0.468. The minimum Gasteiger partial charge on any atom is -0.336 e. The molecule has 224 valence electrons. The molecule has 2 aliphatic heterocycles. The van der Waals surface area contributed by atoms with Crippen molar-refractivity contribution in [1.29, 1.82) is 5.26 Å². The maximum absolute atomic E-state index is 16.1. The number of carbonyl (C=O) groups excluding carboxylic acids is 2. The number of benzene rings is 1. The Hall–Kier alpha value is -2.78. The molecule has 4 fully saturated rings. The molecule has 2 heterocycles. The van der Waals surface area contributed by atoms with E-state index in [0.29, 0.717) is 44.3 Å². The summed E-state index contributed by atoms with van der Waals surface area (Å²) in [5.41, 5.74) is -4.07. The number of hydrogen-bond acceptors (Lipinski definition) is 5. The van der Waals surface area contributed by atoms with Gasteiger partial charge in [0.15, 0.2) is 0 Å². The smallest absolute Gasteiger partial charge is 0.336 e. The van der Waals surface area contributed by atoms with E-state index >= 15 is 8.78 Å². The topological polar surface area (TPSA) is 79.7 Å². The molecular formula is C29H36F5N5O2. The fourth-order valence-corrected chi connectivity index (χ4v) is 5.99. The van der Waals surface area contributed by atoms with Gasteiger partial charge in [-0.25, -0.2) is 8.78 Å². The second-order valence-corrected chi connectivity index (χ2v) is 12.4. The molecule has 12 heteroatoms. The first-order valence-electron chi connectivity index (χ1n) is 14.3. The predicted molar refractivity (Wildman–Crippen MR) is 139 cm³/mol. The third-order valence-corrected chi connectivity index (χ3v) is 9.29. The number of alkyl halides is 5. The Kier molecular flexibility index (Phi) is 7.60. The van der Waals surface area contributed by atoms with Crippen molar-refractivity contribution in [1.82, 2.24) is 20.0 Å². The van der Waals surface area contributed by atoms with E-state index < -0.39 is 70.9 Å². The summed E-state index contributed by atoms with van der Waals surface area (Å²) in [5.74, 6) is -6.82. The fraction of sp³-hybridized carbons (Fsp3) is 0.690. The zero-order valence-electron chi connectivity index (χ0n) is 23.4. The zero-order valence-corrected chi connectivity index (χ0v) is 23.4. The van der Waals surface area contributed by atoms with Crippen LogP contribution in [0.15, 0.2) is 18.2 Å². The molecule has 2 saturated heterocycles. The Morgan fingerprint density at radius 3 is 2.20 bits per heavy atom. The third-order valence-electron chi connectivity index (χ3n) is 9.29. The van der Waals surface area contributed by atoms with Crippen molar-refractivity contribution in [2.24, 2.45) is 11.3 Å². The van der Waals surface area contributed by atoms with Gasteiger partial charge in [-0.3, -0.25) is 14.5 Å². The monoisotopic (exact) mass is 581 g/mol. The number of rotatable bonds is 8. The molecule has 0 radical (unpaired) electrons. The van der Waals surface area contributed by atoms with Crippen molar-refractivity contribution in [3.63, 3.8) is 0 Å². The molecule has 0 bridgehead atoms. The van der Waals surface area contributed by atoms with Crippen LogP contribution in [-0.2, 0) is 28.2 Å². The van der Waals surface area contributed by atoms with Crippen molar-refractivity contribution in [3.8, 4) is 6.07 Å². The van der Waals surface area contributed by atoms with Gasteiger partial charge in [0.1, 0.15) is 11.6 Å². The summed E-state index contributed by atoms with van der Waals surface area (Å²) < 4.78 is 74.8. The lowest BCUT2D eigenvalue weighted by Crippen LogP contribution is -2.50. The molecule has 5 rings (SSSR count). The Balaban J connectivity index is 1.40. The zero-order chi connectivity index (χ0) is 29.8. The second-order valence-electron chi connectivity index (χ2n) is 12.4. The highest BCUT2D eigenvalue weighted by atomic mass is 19.4. The molecule has 2 atom stereocenters. The Morgan fingerprint density at radius 1 is 1.02 bits per heavy atom. The van der Waals surface area contributed by atoms with Crippen molar-refractivity contribution >= 4 is 11.8 Å². The maximum Gasteiger partial charge on any atom is 0.416 e. The predicted octanol–water partition coefficient (Wildman–Crippen LogP) is 4.12. The largest absolute Gasteiger partial charge is 0.416 e. The van der Waals surface area contributed by atoms with Crippen LogP contribution >= 0.6 is 0 Å². The van der Waals surface area contributed by atoms with Gasteiger partial charge in [-0.2, -0.15) is 18.4 Å². The first-order chi connectivity index (χ1) is 19.2. The Morgan fingerprint density at radius 2 is 1.66 bits per heavy atom. The standard InChI is InChI=1S/C29H36F5N5O2/c1-3-37-10-12-38(13-11-37)16-19-4-5-21(22(14-19)29(32,33)34)28(30,31)20-15-23(24(40)36-27(18-35)8-9-27)39(17-20)25(41)26(2)6-7-26/h4-5,14,20,23H,3,6-13,15-17H2,1-2H3,(H,36,40)/t20?,23-/m0/s1. The number of likely N-dealkylation sites (tertiary alicyclic amines) is 1. The van der Waals surface area contributed by atoms with E-state index in [0.717, 1.165) is 36.7 Å². The second kappa shape index (κ2) is 10.5. The van der Waals surface area contributed by atoms with Gasteiger partial charge in [-0.15, -0.1) is 0 Å². The van der Waals surface area contributed by atoms with Crippen molar-refractivity contribution < 1.29 is 31.5 Å². The molecule has 1 aromatic carbocycles. The van der Waals surface area contributed by atoms with E-state index in [1.54, 1.807) is 6.92 Å². The summed E-state index contributed by atoms with van der Waals surface area (Å²) >= 11 is 0. The van der Waals surface area contributed by atoms with Gasteiger partial charge in [-0.05, 0) is 50.3 Å². The number of nitrogens with one attached hydrogen (secondary N) is 1. The van der Waals surface area contributed by atoms with Gasteiger partial charge in [-0.1, -0.05) is 26.0 Å². The average molecular weight is 582 g/mol. The summed E-state index contributed by atoms with van der Waals surface area (Å²) in [4.78, 5) is 31.7. The first kappa shape index (κ1) is 29.7. The maximum atomic E-state index is 16.1. The summed E-state index contributed by atoms with van der Waals surface area (Å²) in [7, 11) is 0. The number of halogens is 5. The summed E-state index contributed by atoms with van der Waals surface area (Å²) in [6, 6.07) is 3.72. The van der Waals surface area contributed by atoms with E-state index in [1.807, 2.05) is 17.9 Å². The fourth-order valence-electron chi connectivity index (χ4n) is 5.99. The van der Waals surface area contributed by atoms with Crippen molar-refractivity contribution in [3.05, 3.63) is 34.9 Å². The van der Waals surface area contributed by atoms with Crippen molar-refractivity contribution in [2.45, 2.75) is 76.2 Å². The molecule has 7 nitrogen and oxygen atoms in total. The summed E-state index contributed by atoms with van der Waals surface area (Å²) in [6.45, 7) is 7.23. The molecule has 2 aliphatic carbocycles. The number of nitrogens with zero attached hydrogens (tertiary/aromatic N) is 4. The van der Waals surface area contributed by atoms with E-state index in [9.17, 15) is 28.0 Å². The van der Waals surface area contributed by atoms with E-state index in [-0.39, 0.29) is 6.54 Å². The van der Waals surface area contributed by atoms with Crippen molar-refractivity contribution in [2.75, 3.05) is 39.3 Å². The molecule has 1 unspecified atom stereocenters. The number of hydrogen-bond donors (Lipinski definition) is 1. The van der Waals surface area contributed by atoms with Gasteiger partial charge >= 0.3 is 6.18 Å². The highest BCUT2D eigenvalue weighted by Crippen LogP contribution is 2.51. The van der Waals surface area contributed by atoms with Gasteiger partial charge in [0, 0.05) is 56.2 Å². The lowest BCUT2D eigenvalue weighted by atomic mass is 9.88. The lowest BCUT2D eigenvalue weighted by Gasteiger charge is -2.34. The van der Waals surface area contributed by atoms with E-state index in [4.69, 9.17) is 0 Å². The van der Waals surface area contributed by atoms with Gasteiger partial charge < -0.3 is 15.1 Å². The van der Waals surface area contributed by atoms with Crippen LogP contribution < -0.4 is 5.32 Å². The SMILES string of the molecule is CCN1CCN(Cc2ccc(C(F)(F)C3C[C@@H](C(=O)NC4(C#N)CC4)N(C(=O)C4(C)CC4)C3)c(C(F)(F)F)c2)CC1. The van der Waals surface area contributed by atoms with Crippen LogP contribution in [0, 0.1) is 22.7 Å². The van der Waals surface area contributed by atoms with Crippen LogP contribution in [0.2, 0.25) is 0 Å². The lowest BCUT2D eigenvalue weighted by molar-refractivity contribution is -0.146. The van der Waals surface area contributed by atoms with E-state index in [1.165, 1.54) is 6.07 Å². The van der Waals surface area contributed by atoms with Gasteiger partial charge in [0.2, 0.25) is 11.8 Å². The van der Waals surface area contributed by atoms with Crippen LogP contribution in [0.25, 0.3) is 0 Å². The normalized spacial score (nSPS) is 26.0. The van der Waals surface area contributed by atoms with E-state index in [2.05, 4.69) is 10.2 Å². The molecule has 41 heavy (non-hydrogen) atoms. The Bertz CT molecular complexity index is 1230. The van der Waals surface area contributed by atoms with Crippen LogP contribution in [0.5, 0.6) is 0 Å². The molecule has 1 aromatic rings. The molecule has 2 saturated carbocycles. The molecule has 0 spiro atoms. The number of nitriles is 1. The number of amides is 2. The van der Waals surface area contributed by atoms with Gasteiger partial charge in [0.05, 0.1) is 11.6 Å². The molecule has 1 N–H and O–H groups in total. The van der Waals surface area contributed by atoms with Crippen LogP contribution in [-0.4, -0.2) is 77.4 Å². The molecular weight excluding hydrogens is 545 g/mol. The van der Waals surface area contributed by atoms with Gasteiger partial charge in [0.25, 0.3) is 5.92 Å². The summed E-state index contributed by atoms with van der Waals surface area (Å²) in [6.07, 6.45) is -3.58. The van der Waals surface area contributed by atoms with Crippen LogP contribution in [0.3, 0.4) is 0 Å². The third kappa shape index (κ3) is 5.93. The molecule has 2 amide bonds. The highest BCUT2D eigenvalue weighted by molar-refractivity contribution is 5.92. The minimum atomic E-state index is -5.02. The van der Waals surface area contributed by atoms with Crippen LogP contribution in [0.4, 0.5) is 22.0 Å². The number of likely N-dealkylation sites (N-methyl/N-ethyl adjacent to an activating group) is 1. The number of carbonyl (C=O) groups is 2. The first-order valence-corrected chi connectivity index (χ1v) is 14.3. The molecule has 4 aliphatic rings. The molecule has 0 aromatic heterocycles. The minimum absolute atomic E-state index is 0.222. The summed E-state index contributed by atoms with van der Waals surface area (Å²) in [5, 5.41) is 12.0. The highest BCUT2D eigenvalue weighted by Gasteiger charge is 2.58. The van der Waals surface area contributed by atoms with Crippen LogP contribution in [0.1, 0.15) is 62.6 Å². The number of piperazine rings is 1. The Labute approximate surface area is 236 Å². The average Bonchev–Trinajstić information content (AvgIpc) is 3.84.